The molecule has 0 aliphatic heterocycles. The lowest BCUT2D eigenvalue weighted by atomic mass is 10.3. The fraction of sp³-hybridized carbons (Fsp3) is 0.167. The van der Waals surface area contributed by atoms with Crippen molar-refractivity contribution in [3.8, 4) is 0 Å². The molecule has 19 heavy (non-hydrogen) atoms. The standard InChI is InChI=1S/C12H11BrClFN4/c1-2-16-12-17-6-8(14)11(19-12)18-10-7(13)4-3-5-9(10)15/h3-6H,2H2,1H3,(H2,16,17,18,19). The lowest BCUT2D eigenvalue weighted by molar-refractivity contribution is 0.631. The van der Waals surface area contributed by atoms with Crippen LogP contribution in [-0.2, 0) is 0 Å². The summed E-state index contributed by atoms with van der Waals surface area (Å²) in [5.41, 5.74) is 0.283. The molecular weight excluding hydrogens is 335 g/mol. The first-order valence-electron chi connectivity index (χ1n) is 5.59. The Kier molecular flexibility index (Phi) is 4.55. The minimum Gasteiger partial charge on any atom is -0.354 e. The Hall–Kier alpha value is -1.40. The summed E-state index contributed by atoms with van der Waals surface area (Å²) in [7, 11) is 0. The molecule has 0 unspecified atom stereocenters. The van der Waals surface area contributed by atoms with Crippen LogP contribution >= 0.6 is 27.5 Å². The number of rotatable bonds is 4. The van der Waals surface area contributed by atoms with E-state index in [0.717, 1.165) is 0 Å². The van der Waals surface area contributed by atoms with Crippen LogP contribution in [0.25, 0.3) is 0 Å². The van der Waals surface area contributed by atoms with E-state index in [0.29, 0.717) is 27.8 Å². The molecule has 0 spiro atoms. The quantitative estimate of drug-likeness (QED) is 0.871. The number of benzene rings is 1. The van der Waals surface area contributed by atoms with Gasteiger partial charge in [0.15, 0.2) is 5.82 Å². The normalized spacial score (nSPS) is 10.3. The molecule has 1 aromatic carbocycles. The number of aromatic nitrogens is 2. The number of para-hydroxylation sites is 1. The average molecular weight is 346 g/mol. The van der Waals surface area contributed by atoms with E-state index in [1.54, 1.807) is 12.1 Å². The van der Waals surface area contributed by atoms with Crippen LogP contribution in [0.15, 0.2) is 28.9 Å². The maximum Gasteiger partial charge on any atom is 0.224 e. The molecule has 0 amide bonds. The molecule has 1 aromatic heterocycles. The lowest BCUT2D eigenvalue weighted by Crippen LogP contribution is -2.05. The van der Waals surface area contributed by atoms with Gasteiger partial charge in [-0.1, -0.05) is 17.7 Å². The van der Waals surface area contributed by atoms with E-state index in [4.69, 9.17) is 11.6 Å². The van der Waals surface area contributed by atoms with Gasteiger partial charge in [0.2, 0.25) is 5.95 Å². The van der Waals surface area contributed by atoms with Gasteiger partial charge in [0, 0.05) is 11.0 Å². The first-order chi connectivity index (χ1) is 9.11. The van der Waals surface area contributed by atoms with Crippen molar-refractivity contribution < 1.29 is 4.39 Å². The second-order valence-electron chi connectivity index (χ2n) is 3.64. The molecule has 1 heterocycles. The number of halogens is 3. The van der Waals surface area contributed by atoms with Gasteiger partial charge in [-0.2, -0.15) is 4.98 Å². The maximum atomic E-state index is 13.7. The van der Waals surface area contributed by atoms with Gasteiger partial charge >= 0.3 is 0 Å². The van der Waals surface area contributed by atoms with Gasteiger partial charge in [-0.25, -0.2) is 9.37 Å². The van der Waals surface area contributed by atoms with Crippen LogP contribution in [0.4, 0.5) is 21.8 Å². The minimum absolute atomic E-state index is 0.283. The van der Waals surface area contributed by atoms with Crippen LogP contribution in [0, 0.1) is 5.82 Å². The van der Waals surface area contributed by atoms with Crippen LogP contribution < -0.4 is 10.6 Å². The van der Waals surface area contributed by atoms with Crippen molar-refractivity contribution in [2.75, 3.05) is 17.2 Å². The van der Waals surface area contributed by atoms with Crippen molar-refractivity contribution in [1.29, 1.82) is 0 Å². The maximum absolute atomic E-state index is 13.7. The summed E-state index contributed by atoms with van der Waals surface area (Å²) in [4.78, 5) is 8.20. The van der Waals surface area contributed by atoms with Crippen molar-refractivity contribution >= 4 is 45.0 Å². The highest BCUT2D eigenvalue weighted by Crippen LogP contribution is 2.30. The van der Waals surface area contributed by atoms with E-state index < -0.39 is 5.82 Å². The van der Waals surface area contributed by atoms with Crippen molar-refractivity contribution in [2.24, 2.45) is 0 Å². The molecule has 2 N–H and O–H groups in total. The number of nitrogens with zero attached hydrogens (tertiary/aromatic N) is 2. The second-order valence-corrected chi connectivity index (χ2v) is 4.90. The molecule has 0 fully saturated rings. The van der Waals surface area contributed by atoms with Gasteiger partial charge in [-0.15, -0.1) is 0 Å². The highest BCUT2D eigenvalue weighted by atomic mass is 79.9. The zero-order valence-corrected chi connectivity index (χ0v) is 12.4. The Morgan fingerprint density at radius 1 is 1.42 bits per heavy atom. The van der Waals surface area contributed by atoms with E-state index in [1.807, 2.05) is 6.92 Å². The SMILES string of the molecule is CCNc1ncc(Cl)c(Nc2c(F)cccc2Br)n1. The van der Waals surface area contributed by atoms with Crippen LogP contribution in [0.2, 0.25) is 5.02 Å². The van der Waals surface area contributed by atoms with Gasteiger partial charge in [-0.3, -0.25) is 0 Å². The Bertz CT molecular complexity index is 574. The Morgan fingerprint density at radius 2 is 2.21 bits per heavy atom. The average Bonchev–Trinajstić information content (AvgIpc) is 2.38. The Labute approximate surface area is 123 Å². The van der Waals surface area contributed by atoms with E-state index in [1.165, 1.54) is 12.3 Å². The van der Waals surface area contributed by atoms with Crippen LogP contribution in [0.1, 0.15) is 6.92 Å². The fourth-order valence-electron chi connectivity index (χ4n) is 1.43. The van der Waals surface area contributed by atoms with Crippen LogP contribution in [-0.4, -0.2) is 16.5 Å². The Morgan fingerprint density at radius 3 is 2.89 bits per heavy atom. The predicted octanol–water partition coefficient (Wildman–Crippen LogP) is 4.21. The van der Waals surface area contributed by atoms with Gasteiger partial charge in [0.1, 0.15) is 10.8 Å². The van der Waals surface area contributed by atoms with E-state index in [-0.39, 0.29) is 5.69 Å². The number of nitrogens with one attached hydrogen (secondary N) is 2. The molecule has 2 aromatic rings. The predicted molar refractivity (Wildman–Crippen MR) is 78.6 cm³/mol. The first kappa shape index (κ1) is 14.0. The third kappa shape index (κ3) is 3.33. The van der Waals surface area contributed by atoms with E-state index >= 15 is 0 Å². The zero-order chi connectivity index (χ0) is 13.8. The summed E-state index contributed by atoms with van der Waals surface area (Å²) in [6, 6.07) is 4.69. The van der Waals surface area contributed by atoms with Gasteiger partial charge in [0.25, 0.3) is 0 Å². The van der Waals surface area contributed by atoms with Crippen LogP contribution in [0.5, 0.6) is 0 Å². The first-order valence-corrected chi connectivity index (χ1v) is 6.76. The smallest absolute Gasteiger partial charge is 0.224 e. The number of hydrogen-bond acceptors (Lipinski definition) is 4. The minimum atomic E-state index is -0.394. The molecule has 4 nitrogen and oxygen atoms in total. The van der Waals surface area contributed by atoms with Crippen molar-refractivity contribution in [3.05, 3.63) is 39.7 Å². The van der Waals surface area contributed by atoms with Gasteiger partial charge in [-0.05, 0) is 35.0 Å². The van der Waals surface area contributed by atoms with Gasteiger partial charge < -0.3 is 10.6 Å². The molecule has 7 heteroatoms. The van der Waals surface area contributed by atoms with Crippen LogP contribution in [0.3, 0.4) is 0 Å². The summed E-state index contributed by atoms with van der Waals surface area (Å²) in [5, 5.41) is 6.14. The second kappa shape index (κ2) is 6.16. The molecular formula is C12H11BrClFN4. The van der Waals surface area contributed by atoms with Crippen molar-refractivity contribution in [1.82, 2.24) is 9.97 Å². The summed E-state index contributed by atoms with van der Waals surface area (Å²) in [5.74, 6) is 0.384. The topological polar surface area (TPSA) is 49.8 Å². The fourth-order valence-corrected chi connectivity index (χ4v) is 2.01. The largest absolute Gasteiger partial charge is 0.354 e. The molecule has 0 saturated carbocycles. The molecule has 0 radical (unpaired) electrons. The molecule has 0 saturated heterocycles. The molecule has 0 aliphatic carbocycles. The van der Waals surface area contributed by atoms with Gasteiger partial charge in [0.05, 0.1) is 11.9 Å². The summed E-state index contributed by atoms with van der Waals surface area (Å²) in [6.07, 6.45) is 1.46. The van der Waals surface area contributed by atoms with E-state index in [2.05, 4.69) is 36.5 Å². The summed E-state index contributed by atoms with van der Waals surface area (Å²) in [6.45, 7) is 2.61. The highest BCUT2D eigenvalue weighted by molar-refractivity contribution is 9.10. The molecule has 0 bridgehead atoms. The Balaban J connectivity index is 2.35. The highest BCUT2D eigenvalue weighted by Gasteiger charge is 2.11. The molecule has 0 aliphatic rings. The molecule has 100 valence electrons. The lowest BCUT2D eigenvalue weighted by Gasteiger charge is -2.11. The summed E-state index contributed by atoms with van der Waals surface area (Å²) < 4.78 is 14.3. The third-order valence-corrected chi connectivity index (χ3v) is 3.22. The monoisotopic (exact) mass is 344 g/mol. The zero-order valence-electron chi connectivity index (χ0n) is 10.0. The van der Waals surface area contributed by atoms with E-state index in [9.17, 15) is 4.39 Å². The molecule has 0 atom stereocenters. The molecule has 2 rings (SSSR count). The van der Waals surface area contributed by atoms with Crippen molar-refractivity contribution in [3.63, 3.8) is 0 Å². The third-order valence-electron chi connectivity index (χ3n) is 2.29. The van der Waals surface area contributed by atoms with Crippen molar-refractivity contribution in [2.45, 2.75) is 6.92 Å². The number of anilines is 3. The number of hydrogen-bond donors (Lipinski definition) is 2. The summed E-state index contributed by atoms with van der Waals surface area (Å²) >= 11 is 9.27.